The van der Waals surface area contributed by atoms with E-state index in [9.17, 15) is 4.79 Å². The van der Waals surface area contributed by atoms with E-state index in [1.165, 1.54) is 5.56 Å². The Hall–Kier alpha value is -1.75. The average molecular weight is 320 g/mol. The van der Waals surface area contributed by atoms with Crippen molar-refractivity contribution in [3.05, 3.63) is 23.8 Å². The number of hydrogen-bond acceptors (Lipinski definition) is 4. The molecule has 1 fully saturated rings. The highest BCUT2D eigenvalue weighted by molar-refractivity contribution is 5.78. The summed E-state index contributed by atoms with van der Waals surface area (Å²) in [7, 11) is 1.65. The minimum absolute atomic E-state index is 0.134. The summed E-state index contributed by atoms with van der Waals surface area (Å²) < 4.78 is 10.9. The monoisotopic (exact) mass is 320 g/mol. The molecule has 2 rings (SSSR count). The molecule has 0 saturated carbocycles. The fourth-order valence-corrected chi connectivity index (χ4v) is 2.87. The molecule has 23 heavy (non-hydrogen) atoms. The Kier molecular flexibility index (Phi) is 7.20. The van der Waals surface area contributed by atoms with E-state index in [1.54, 1.807) is 7.11 Å². The summed E-state index contributed by atoms with van der Waals surface area (Å²) in [5.74, 6) is 1.86. The third-order valence-electron chi connectivity index (χ3n) is 4.14. The number of amides is 1. The zero-order chi connectivity index (χ0) is 16.5. The van der Waals surface area contributed by atoms with Gasteiger partial charge in [0.2, 0.25) is 5.91 Å². The van der Waals surface area contributed by atoms with Gasteiger partial charge >= 0.3 is 0 Å². The lowest BCUT2D eigenvalue weighted by molar-refractivity contribution is -0.125. The molecule has 1 aromatic carbocycles. The van der Waals surface area contributed by atoms with Gasteiger partial charge in [-0.05, 0) is 56.8 Å². The topological polar surface area (TPSA) is 59.6 Å². The van der Waals surface area contributed by atoms with Crippen LogP contribution in [0, 0.1) is 5.92 Å². The summed E-state index contributed by atoms with van der Waals surface area (Å²) in [5, 5.41) is 6.32. The van der Waals surface area contributed by atoms with Gasteiger partial charge in [-0.25, -0.2) is 0 Å². The molecule has 128 valence electrons. The SMILES string of the molecule is CCOc1cc(CCCNC(=O)C2CCCNC2)ccc1OC. The Balaban J connectivity index is 1.75. The molecule has 1 aliphatic rings. The van der Waals surface area contributed by atoms with E-state index in [1.807, 2.05) is 25.1 Å². The molecule has 1 atom stereocenters. The molecule has 1 heterocycles. The molecule has 2 N–H and O–H groups in total. The standard InChI is InChI=1S/C18H28N2O3/c1-3-23-17-12-14(8-9-16(17)22-2)6-4-11-20-18(21)15-7-5-10-19-13-15/h8-9,12,15,19H,3-7,10-11,13H2,1-2H3,(H,20,21). The summed E-state index contributed by atoms with van der Waals surface area (Å²) in [6.07, 6.45) is 3.91. The number of carbonyl (C=O) groups excluding carboxylic acids is 1. The highest BCUT2D eigenvalue weighted by Gasteiger charge is 2.20. The van der Waals surface area contributed by atoms with Crippen molar-refractivity contribution >= 4 is 5.91 Å². The number of benzene rings is 1. The maximum Gasteiger partial charge on any atom is 0.224 e. The van der Waals surface area contributed by atoms with Crippen molar-refractivity contribution in [1.82, 2.24) is 10.6 Å². The number of nitrogens with one attached hydrogen (secondary N) is 2. The molecule has 1 saturated heterocycles. The van der Waals surface area contributed by atoms with Gasteiger partial charge in [-0.2, -0.15) is 0 Å². The first-order valence-electron chi connectivity index (χ1n) is 8.52. The first-order valence-corrected chi connectivity index (χ1v) is 8.52. The van der Waals surface area contributed by atoms with Crippen molar-refractivity contribution in [3.8, 4) is 11.5 Å². The smallest absolute Gasteiger partial charge is 0.224 e. The number of carbonyl (C=O) groups is 1. The van der Waals surface area contributed by atoms with E-state index >= 15 is 0 Å². The van der Waals surface area contributed by atoms with Crippen LogP contribution in [0.1, 0.15) is 31.7 Å². The summed E-state index contributed by atoms with van der Waals surface area (Å²) >= 11 is 0. The van der Waals surface area contributed by atoms with E-state index in [0.717, 1.165) is 50.3 Å². The zero-order valence-electron chi connectivity index (χ0n) is 14.2. The molecule has 0 aliphatic carbocycles. The summed E-state index contributed by atoms with van der Waals surface area (Å²) in [5.41, 5.74) is 1.20. The molecule has 1 aromatic rings. The molecule has 1 amide bonds. The van der Waals surface area contributed by atoms with Gasteiger partial charge in [0.05, 0.1) is 19.6 Å². The van der Waals surface area contributed by atoms with Crippen LogP contribution in [0.15, 0.2) is 18.2 Å². The van der Waals surface area contributed by atoms with E-state index in [4.69, 9.17) is 9.47 Å². The van der Waals surface area contributed by atoms with Crippen molar-refractivity contribution in [2.45, 2.75) is 32.6 Å². The fraction of sp³-hybridized carbons (Fsp3) is 0.611. The molecule has 5 heteroatoms. The lowest BCUT2D eigenvalue weighted by atomic mass is 9.99. The van der Waals surface area contributed by atoms with Gasteiger partial charge in [0.25, 0.3) is 0 Å². The van der Waals surface area contributed by atoms with Gasteiger partial charge in [-0.15, -0.1) is 0 Å². The highest BCUT2D eigenvalue weighted by Crippen LogP contribution is 2.28. The second kappa shape index (κ2) is 9.40. The third kappa shape index (κ3) is 5.43. The predicted molar refractivity (Wildman–Crippen MR) is 91.1 cm³/mol. The van der Waals surface area contributed by atoms with E-state index in [2.05, 4.69) is 10.6 Å². The molecule has 1 unspecified atom stereocenters. The predicted octanol–water partition coefficient (Wildman–Crippen LogP) is 2.14. The Labute approximate surface area is 138 Å². The highest BCUT2D eigenvalue weighted by atomic mass is 16.5. The second-order valence-corrected chi connectivity index (χ2v) is 5.86. The third-order valence-corrected chi connectivity index (χ3v) is 4.14. The summed E-state index contributed by atoms with van der Waals surface area (Å²) in [4.78, 5) is 12.0. The normalized spacial score (nSPS) is 17.6. The van der Waals surface area contributed by atoms with E-state index in [-0.39, 0.29) is 11.8 Å². The molecule has 0 radical (unpaired) electrons. The first kappa shape index (κ1) is 17.6. The van der Waals surface area contributed by atoms with Crippen molar-refractivity contribution < 1.29 is 14.3 Å². The number of ether oxygens (including phenoxy) is 2. The minimum atomic E-state index is 0.134. The van der Waals surface area contributed by atoms with Gasteiger partial charge in [0.15, 0.2) is 11.5 Å². The fourth-order valence-electron chi connectivity index (χ4n) is 2.87. The van der Waals surface area contributed by atoms with Crippen LogP contribution in [0.25, 0.3) is 0 Å². The van der Waals surface area contributed by atoms with Crippen molar-refractivity contribution in [1.29, 1.82) is 0 Å². The summed E-state index contributed by atoms with van der Waals surface area (Å²) in [6, 6.07) is 6.01. The van der Waals surface area contributed by atoms with Gasteiger partial charge in [-0.3, -0.25) is 4.79 Å². The Morgan fingerprint density at radius 1 is 1.39 bits per heavy atom. The van der Waals surface area contributed by atoms with Crippen molar-refractivity contribution in [2.24, 2.45) is 5.92 Å². The lowest BCUT2D eigenvalue weighted by Gasteiger charge is -2.21. The number of piperidine rings is 1. The van der Waals surface area contributed by atoms with Crippen molar-refractivity contribution in [3.63, 3.8) is 0 Å². The number of hydrogen-bond donors (Lipinski definition) is 2. The average Bonchev–Trinajstić information content (AvgIpc) is 2.60. The van der Waals surface area contributed by atoms with Gasteiger partial charge in [0, 0.05) is 13.1 Å². The number of methoxy groups -OCH3 is 1. The van der Waals surface area contributed by atoms with Crippen LogP contribution in [0.5, 0.6) is 11.5 Å². The maximum absolute atomic E-state index is 12.0. The van der Waals surface area contributed by atoms with Crippen LogP contribution in [0.4, 0.5) is 0 Å². The Bertz CT molecular complexity index is 499. The molecule has 0 spiro atoms. The van der Waals surface area contributed by atoms with Gasteiger partial charge in [0.1, 0.15) is 0 Å². The van der Waals surface area contributed by atoms with Crippen LogP contribution in [0.3, 0.4) is 0 Å². The lowest BCUT2D eigenvalue weighted by Crippen LogP contribution is -2.40. The van der Waals surface area contributed by atoms with Crippen LogP contribution in [0.2, 0.25) is 0 Å². The van der Waals surface area contributed by atoms with Crippen LogP contribution >= 0.6 is 0 Å². The number of aryl methyl sites for hydroxylation is 1. The maximum atomic E-state index is 12.0. The van der Waals surface area contributed by atoms with Gasteiger partial charge < -0.3 is 20.1 Å². The van der Waals surface area contributed by atoms with E-state index in [0.29, 0.717) is 13.2 Å². The molecule has 5 nitrogen and oxygen atoms in total. The molecular formula is C18H28N2O3. The van der Waals surface area contributed by atoms with Crippen LogP contribution < -0.4 is 20.1 Å². The molecule has 1 aliphatic heterocycles. The Morgan fingerprint density at radius 2 is 2.26 bits per heavy atom. The first-order chi connectivity index (χ1) is 11.2. The van der Waals surface area contributed by atoms with Crippen LogP contribution in [-0.4, -0.2) is 39.3 Å². The number of rotatable bonds is 8. The Morgan fingerprint density at radius 3 is 2.96 bits per heavy atom. The summed E-state index contributed by atoms with van der Waals surface area (Å²) in [6.45, 7) is 5.13. The molecular weight excluding hydrogens is 292 g/mol. The second-order valence-electron chi connectivity index (χ2n) is 5.86. The molecule has 0 bridgehead atoms. The largest absolute Gasteiger partial charge is 0.493 e. The molecule has 0 aromatic heterocycles. The van der Waals surface area contributed by atoms with E-state index < -0.39 is 0 Å². The minimum Gasteiger partial charge on any atom is -0.493 e. The van der Waals surface area contributed by atoms with Crippen molar-refractivity contribution in [2.75, 3.05) is 33.4 Å². The van der Waals surface area contributed by atoms with Gasteiger partial charge in [-0.1, -0.05) is 6.07 Å². The van der Waals surface area contributed by atoms with Crippen LogP contribution in [-0.2, 0) is 11.2 Å². The quantitative estimate of drug-likeness (QED) is 0.721. The zero-order valence-corrected chi connectivity index (χ0v) is 14.2.